The molecule has 26 heavy (non-hydrogen) atoms. The molecule has 0 aliphatic carbocycles. The van der Waals surface area contributed by atoms with Crippen LogP contribution >= 0.6 is 35.0 Å². The molecule has 0 spiro atoms. The minimum Gasteiger partial charge on any atom is -0.457 e. The standard InChI is InChI=1S/C20H14IN3O.ClH/c21-14-6-11-19-18(12-14)20(23-13-22-19)24-15-7-9-17(10-8-15)25-16-4-2-1-3-5-16;/h1-13H,(H,22,23,24);1H. The Morgan fingerprint density at radius 3 is 2.31 bits per heavy atom. The average molecular weight is 476 g/mol. The quantitative estimate of drug-likeness (QED) is 0.357. The normalized spacial score (nSPS) is 10.2. The first-order valence-electron chi connectivity index (χ1n) is 7.78. The van der Waals surface area contributed by atoms with Crippen molar-refractivity contribution in [3.05, 3.63) is 82.7 Å². The zero-order valence-corrected chi connectivity index (χ0v) is 16.6. The predicted molar refractivity (Wildman–Crippen MR) is 116 cm³/mol. The number of hydrogen-bond donors (Lipinski definition) is 1. The highest BCUT2D eigenvalue weighted by Gasteiger charge is 2.05. The minimum absolute atomic E-state index is 0. The van der Waals surface area contributed by atoms with Gasteiger partial charge in [0.1, 0.15) is 23.6 Å². The second kappa shape index (κ2) is 8.33. The van der Waals surface area contributed by atoms with Crippen molar-refractivity contribution in [3.8, 4) is 11.5 Å². The molecule has 1 heterocycles. The summed E-state index contributed by atoms with van der Waals surface area (Å²) < 4.78 is 6.96. The van der Waals surface area contributed by atoms with Crippen molar-refractivity contribution in [2.75, 3.05) is 5.32 Å². The summed E-state index contributed by atoms with van der Waals surface area (Å²) in [6.45, 7) is 0. The van der Waals surface area contributed by atoms with E-state index in [0.29, 0.717) is 0 Å². The molecule has 0 aliphatic rings. The maximum Gasteiger partial charge on any atom is 0.141 e. The Morgan fingerprint density at radius 1 is 0.808 bits per heavy atom. The lowest BCUT2D eigenvalue weighted by Gasteiger charge is -2.10. The number of fused-ring (bicyclic) bond motifs is 1. The van der Waals surface area contributed by atoms with Gasteiger partial charge in [-0.05, 0) is 77.2 Å². The molecule has 0 fully saturated rings. The van der Waals surface area contributed by atoms with Crippen LogP contribution in [-0.2, 0) is 0 Å². The third-order valence-corrected chi connectivity index (χ3v) is 4.36. The van der Waals surface area contributed by atoms with Crippen LogP contribution in [0.25, 0.3) is 10.9 Å². The molecule has 3 aromatic carbocycles. The molecule has 130 valence electrons. The molecule has 1 N–H and O–H groups in total. The van der Waals surface area contributed by atoms with Crippen molar-refractivity contribution in [1.29, 1.82) is 0 Å². The molecule has 0 radical (unpaired) electrons. The summed E-state index contributed by atoms with van der Waals surface area (Å²) in [6, 6.07) is 23.7. The second-order valence-electron chi connectivity index (χ2n) is 5.45. The van der Waals surface area contributed by atoms with E-state index in [4.69, 9.17) is 4.74 Å². The van der Waals surface area contributed by atoms with Gasteiger partial charge in [-0.25, -0.2) is 9.97 Å². The highest BCUT2D eigenvalue weighted by atomic mass is 127. The van der Waals surface area contributed by atoms with Crippen molar-refractivity contribution >= 4 is 57.4 Å². The third kappa shape index (κ3) is 4.23. The number of hydrogen-bond acceptors (Lipinski definition) is 4. The first-order valence-corrected chi connectivity index (χ1v) is 8.86. The summed E-state index contributed by atoms with van der Waals surface area (Å²) in [7, 11) is 0. The van der Waals surface area contributed by atoms with Crippen LogP contribution in [0.4, 0.5) is 11.5 Å². The molecule has 0 bridgehead atoms. The van der Waals surface area contributed by atoms with E-state index in [9.17, 15) is 0 Å². The van der Waals surface area contributed by atoms with Crippen molar-refractivity contribution < 1.29 is 4.74 Å². The summed E-state index contributed by atoms with van der Waals surface area (Å²) >= 11 is 2.29. The maximum absolute atomic E-state index is 5.82. The van der Waals surface area contributed by atoms with Gasteiger partial charge < -0.3 is 10.1 Å². The number of benzene rings is 3. The van der Waals surface area contributed by atoms with Crippen LogP contribution in [0.5, 0.6) is 11.5 Å². The Balaban J connectivity index is 0.00000196. The van der Waals surface area contributed by atoms with Gasteiger partial charge in [-0.1, -0.05) is 18.2 Å². The molecule has 0 saturated carbocycles. The minimum atomic E-state index is 0. The molecule has 0 saturated heterocycles. The summed E-state index contributed by atoms with van der Waals surface area (Å²) in [5.74, 6) is 2.40. The fraction of sp³-hybridized carbons (Fsp3) is 0. The molecule has 1 aromatic heterocycles. The molecule has 0 atom stereocenters. The van der Waals surface area contributed by atoms with Gasteiger partial charge in [-0.3, -0.25) is 0 Å². The van der Waals surface area contributed by atoms with Gasteiger partial charge in [0, 0.05) is 14.6 Å². The SMILES string of the molecule is Cl.Ic1ccc2ncnc(Nc3ccc(Oc4ccccc4)cc3)c2c1. The van der Waals surface area contributed by atoms with Crippen molar-refractivity contribution in [2.45, 2.75) is 0 Å². The predicted octanol–water partition coefficient (Wildman–Crippen LogP) is 6.19. The van der Waals surface area contributed by atoms with E-state index >= 15 is 0 Å². The van der Waals surface area contributed by atoms with Gasteiger partial charge in [0.05, 0.1) is 5.52 Å². The van der Waals surface area contributed by atoms with Gasteiger partial charge in [0.25, 0.3) is 0 Å². The number of para-hydroxylation sites is 1. The summed E-state index contributed by atoms with van der Waals surface area (Å²) in [5, 5.41) is 4.35. The number of halogens is 2. The lowest BCUT2D eigenvalue weighted by atomic mass is 10.2. The number of rotatable bonds is 4. The Bertz CT molecular complexity index is 1010. The molecule has 4 aromatic rings. The van der Waals surface area contributed by atoms with Gasteiger partial charge in [-0.2, -0.15) is 0 Å². The molecule has 6 heteroatoms. The Morgan fingerprint density at radius 2 is 1.54 bits per heavy atom. The smallest absolute Gasteiger partial charge is 0.141 e. The van der Waals surface area contributed by atoms with Crippen molar-refractivity contribution in [1.82, 2.24) is 9.97 Å². The summed E-state index contributed by atoms with van der Waals surface area (Å²) in [5.41, 5.74) is 1.86. The Labute approximate surface area is 171 Å². The number of nitrogens with zero attached hydrogens (tertiary/aromatic N) is 2. The van der Waals surface area contributed by atoms with E-state index in [1.165, 1.54) is 0 Å². The topological polar surface area (TPSA) is 47.0 Å². The molecule has 4 rings (SSSR count). The van der Waals surface area contributed by atoms with Crippen LogP contribution in [0.1, 0.15) is 0 Å². The van der Waals surface area contributed by atoms with Crippen LogP contribution in [0.3, 0.4) is 0 Å². The van der Waals surface area contributed by atoms with E-state index < -0.39 is 0 Å². The van der Waals surface area contributed by atoms with E-state index in [-0.39, 0.29) is 12.4 Å². The zero-order chi connectivity index (χ0) is 17.1. The molecule has 0 aliphatic heterocycles. The van der Waals surface area contributed by atoms with Crippen LogP contribution in [0.2, 0.25) is 0 Å². The average Bonchev–Trinajstić information content (AvgIpc) is 2.65. The van der Waals surface area contributed by atoms with Gasteiger partial charge in [0.2, 0.25) is 0 Å². The van der Waals surface area contributed by atoms with E-state index in [2.05, 4.69) is 43.9 Å². The van der Waals surface area contributed by atoms with Crippen molar-refractivity contribution in [2.24, 2.45) is 0 Å². The van der Waals surface area contributed by atoms with E-state index in [0.717, 1.165) is 37.5 Å². The lowest BCUT2D eigenvalue weighted by Crippen LogP contribution is -1.96. The Kier molecular flexibility index (Phi) is 5.90. The van der Waals surface area contributed by atoms with Gasteiger partial charge in [-0.15, -0.1) is 12.4 Å². The number of nitrogens with one attached hydrogen (secondary N) is 1. The Hall–Kier alpha value is -2.38. The first kappa shape index (κ1) is 18.4. The number of aromatic nitrogens is 2. The van der Waals surface area contributed by atoms with Gasteiger partial charge in [0.15, 0.2) is 0 Å². The molecular weight excluding hydrogens is 461 g/mol. The molecular formula is C20H15ClIN3O. The molecule has 4 nitrogen and oxygen atoms in total. The van der Waals surface area contributed by atoms with Crippen LogP contribution in [-0.4, -0.2) is 9.97 Å². The monoisotopic (exact) mass is 475 g/mol. The van der Waals surface area contributed by atoms with Gasteiger partial charge >= 0.3 is 0 Å². The lowest BCUT2D eigenvalue weighted by molar-refractivity contribution is 0.483. The molecule has 0 unspecified atom stereocenters. The van der Waals surface area contributed by atoms with Crippen LogP contribution in [0.15, 0.2) is 79.1 Å². The fourth-order valence-electron chi connectivity index (χ4n) is 2.50. The molecule has 0 amide bonds. The summed E-state index contributed by atoms with van der Waals surface area (Å²) in [6.07, 6.45) is 1.57. The zero-order valence-electron chi connectivity index (χ0n) is 13.6. The van der Waals surface area contributed by atoms with E-state index in [1.807, 2.05) is 66.7 Å². The number of ether oxygens (including phenoxy) is 1. The van der Waals surface area contributed by atoms with Crippen LogP contribution in [0, 0.1) is 3.57 Å². The fourth-order valence-corrected chi connectivity index (χ4v) is 2.99. The second-order valence-corrected chi connectivity index (χ2v) is 6.69. The van der Waals surface area contributed by atoms with Crippen molar-refractivity contribution in [3.63, 3.8) is 0 Å². The first-order chi connectivity index (χ1) is 12.3. The third-order valence-electron chi connectivity index (χ3n) is 3.69. The summed E-state index contributed by atoms with van der Waals surface area (Å²) in [4.78, 5) is 8.69. The van der Waals surface area contributed by atoms with Crippen LogP contribution < -0.4 is 10.1 Å². The largest absolute Gasteiger partial charge is 0.457 e. The number of anilines is 2. The highest BCUT2D eigenvalue weighted by molar-refractivity contribution is 14.1. The van der Waals surface area contributed by atoms with E-state index in [1.54, 1.807) is 6.33 Å². The maximum atomic E-state index is 5.82. The highest BCUT2D eigenvalue weighted by Crippen LogP contribution is 2.27.